The Bertz CT molecular complexity index is 814. The van der Waals surface area contributed by atoms with Gasteiger partial charge in [-0.05, 0) is 25.8 Å². The number of primary amides is 1. The molecule has 2 saturated heterocycles. The van der Waals surface area contributed by atoms with Crippen LogP contribution in [0.3, 0.4) is 0 Å². The van der Waals surface area contributed by atoms with Crippen molar-refractivity contribution in [1.29, 1.82) is 0 Å². The number of hydrogen-bond acceptors (Lipinski definition) is 12. The molecule has 0 radical (unpaired) electrons. The minimum absolute atomic E-state index is 0.0454. The second-order valence-electron chi connectivity index (χ2n) is 9.02. The molecule has 11 N–H and O–H groups in total. The van der Waals surface area contributed by atoms with E-state index in [4.69, 9.17) is 26.7 Å². The van der Waals surface area contributed by atoms with Crippen LogP contribution in [0.2, 0.25) is 0 Å². The van der Waals surface area contributed by atoms with E-state index in [9.17, 15) is 24.6 Å². The predicted molar refractivity (Wildman–Crippen MR) is 123 cm³/mol. The number of aliphatic hydroxyl groups is 2. The normalized spacial score (nSPS) is 33.3. The number of amides is 3. The Labute approximate surface area is 202 Å². The lowest BCUT2D eigenvalue weighted by Gasteiger charge is -2.44. The first kappa shape index (κ1) is 26.9. The van der Waals surface area contributed by atoms with Crippen molar-refractivity contribution in [3.63, 3.8) is 0 Å². The van der Waals surface area contributed by atoms with E-state index in [2.05, 4.69) is 20.9 Å². The molecule has 15 heteroatoms. The van der Waals surface area contributed by atoms with Crippen molar-refractivity contribution in [2.75, 3.05) is 26.7 Å². The van der Waals surface area contributed by atoms with E-state index >= 15 is 0 Å². The lowest BCUT2D eigenvalue weighted by atomic mass is 9.95. The smallest absolute Gasteiger partial charge is 0.404 e. The number of nitrogens with zero attached hydrogens (tertiary/aromatic N) is 2. The van der Waals surface area contributed by atoms with Crippen LogP contribution in [0.4, 0.5) is 4.79 Å². The number of piperidine rings is 1. The Balaban J connectivity index is 1.79. The van der Waals surface area contributed by atoms with Crippen LogP contribution in [-0.4, -0.2) is 114 Å². The molecule has 3 aliphatic heterocycles. The summed E-state index contributed by atoms with van der Waals surface area (Å²) in [5.41, 5.74) is 16.7. The van der Waals surface area contributed by atoms with E-state index in [1.807, 2.05) is 0 Å². The molecule has 0 bridgehead atoms. The summed E-state index contributed by atoms with van der Waals surface area (Å²) >= 11 is 0. The van der Waals surface area contributed by atoms with Crippen molar-refractivity contribution in [1.82, 2.24) is 20.9 Å². The molecule has 0 aromatic carbocycles. The third-order valence-electron chi connectivity index (χ3n) is 6.36. The van der Waals surface area contributed by atoms with Gasteiger partial charge in [0.1, 0.15) is 18.2 Å². The Morgan fingerprint density at radius 1 is 1.43 bits per heavy atom. The molecule has 8 atom stereocenters. The van der Waals surface area contributed by atoms with Crippen LogP contribution in [0.15, 0.2) is 4.99 Å². The fourth-order valence-electron chi connectivity index (χ4n) is 4.49. The first-order valence-electron chi connectivity index (χ1n) is 11.7. The van der Waals surface area contributed by atoms with Gasteiger partial charge in [-0.15, -0.1) is 0 Å². The van der Waals surface area contributed by atoms with Crippen LogP contribution in [0, 0.1) is 0 Å². The van der Waals surface area contributed by atoms with Gasteiger partial charge < -0.3 is 57.7 Å². The highest BCUT2D eigenvalue weighted by Gasteiger charge is 2.49. The number of nitrogens with two attached hydrogens (primary N) is 3. The summed E-state index contributed by atoms with van der Waals surface area (Å²) in [6.45, 7) is 0.416. The molecule has 3 aliphatic rings. The maximum Gasteiger partial charge on any atom is 0.404 e. The maximum atomic E-state index is 12.7. The highest BCUT2D eigenvalue weighted by molar-refractivity contribution is 5.92. The number of guanidine groups is 1. The van der Waals surface area contributed by atoms with Crippen molar-refractivity contribution < 1.29 is 34.1 Å². The van der Waals surface area contributed by atoms with Crippen molar-refractivity contribution in [3.8, 4) is 0 Å². The molecular formula is C20H36N8O7. The number of carbonyl (C=O) groups is 3. The Hall–Kier alpha value is -2.72. The molecule has 198 valence electrons. The number of ether oxygens (including phenoxy) is 2. The van der Waals surface area contributed by atoms with Gasteiger partial charge in [0.2, 0.25) is 11.8 Å². The second-order valence-corrected chi connectivity index (χ2v) is 9.02. The number of fused-ring (bicyclic) bond motifs is 1. The fraction of sp³-hybridized carbons (Fsp3) is 0.800. The number of likely N-dealkylation sites (N-methyl/N-ethyl adjacent to an activating group) is 1. The second kappa shape index (κ2) is 11.8. The summed E-state index contributed by atoms with van der Waals surface area (Å²) in [5.74, 6) is -0.377. The zero-order valence-corrected chi connectivity index (χ0v) is 19.6. The number of rotatable bonds is 9. The molecule has 3 amide bonds. The third kappa shape index (κ3) is 6.49. The minimum atomic E-state index is -1.49. The first-order valence-corrected chi connectivity index (χ1v) is 11.7. The van der Waals surface area contributed by atoms with Gasteiger partial charge in [0.15, 0.2) is 24.3 Å². The van der Waals surface area contributed by atoms with Gasteiger partial charge in [-0.1, -0.05) is 0 Å². The molecule has 0 aliphatic carbocycles. The highest BCUT2D eigenvalue weighted by Crippen LogP contribution is 2.24. The quantitative estimate of drug-likeness (QED) is 0.150. The fourth-order valence-corrected chi connectivity index (χ4v) is 4.49. The average molecular weight is 501 g/mol. The molecule has 3 rings (SSSR count). The highest BCUT2D eigenvalue weighted by atomic mass is 16.6. The number of aliphatic imine (C=N–C) groups is 1. The van der Waals surface area contributed by atoms with Crippen LogP contribution in [0.1, 0.15) is 25.7 Å². The van der Waals surface area contributed by atoms with Gasteiger partial charge in [-0.25, -0.2) is 9.79 Å². The summed E-state index contributed by atoms with van der Waals surface area (Å²) in [6, 6.07) is -2.41. The molecule has 0 saturated carbocycles. The number of nitrogens with one attached hydrogen (secondary N) is 3. The van der Waals surface area contributed by atoms with Crippen molar-refractivity contribution in [2.24, 2.45) is 22.2 Å². The monoisotopic (exact) mass is 500 g/mol. The molecular weight excluding hydrogens is 464 g/mol. The van der Waals surface area contributed by atoms with Crippen LogP contribution < -0.4 is 33.2 Å². The zero-order chi connectivity index (χ0) is 25.7. The molecule has 2 fully saturated rings. The van der Waals surface area contributed by atoms with Crippen molar-refractivity contribution >= 4 is 23.9 Å². The summed E-state index contributed by atoms with van der Waals surface area (Å²) in [5, 5.41) is 29.1. The van der Waals surface area contributed by atoms with Gasteiger partial charge in [0.05, 0.1) is 12.6 Å². The van der Waals surface area contributed by atoms with Crippen LogP contribution in [0.5, 0.6) is 0 Å². The summed E-state index contributed by atoms with van der Waals surface area (Å²) in [7, 11) is 1.70. The van der Waals surface area contributed by atoms with Gasteiger partial charge in [-0.2, -0.15) is 0 Å². The SMILES string of the molecule is CN1CCC2NC(NC3OC(CO)C(O)C(OC(N)=O)C3NC(=O)CC(N)CCCN)=NC2C1=O. The molecule has 0 aromatic heterocycles. The Morgan fingerprint density at radius 3 is 2.83 bits per heavy atom. The van der Waals surface area contributed by atoms with E-state index in [0.717, 1.165) is 0 Å². The van der Waals surface area contributed by atoms with E-state index in [1.165, 1.54) is 0 Å². The lowest BCUT2D eigenvalue weighted by molar-refractivity contribution is -0.198. The van der Waals surface area contributed by atoms with Crippen LogP contribution >= 0.6 is 0 Å². The van der Waals surface area contributed by atoms with Crippen molar-refractivity contribution in [3.05, 3.63) is 0 Å². The van der Waals surface area contributed by atoms with Gasteiger partial charge >= 0.3 is 6.09 Å². The van der Waals surface area contributed by atoms with E-state index in [-0.39, 0.29) is 24.3 Å². The zero-order valence-electron chi connectivity index (χ0n) is 19.6. The average Bonchev–Trinajstić information content (AvgIpc) is 3.22. The summed E-state index contributed by atoms with van der Waals surface area (Å²) in [4.78, 5) is 42.8. The van der Waals surface area contributed by atoms with Gasteiger partial charge in [0, 0.05) is 26.1 Å². The molecule has 35 heavy (non-hydrogen) atoms. The largest absolute Gasteiger partial charge is 0.441 e. The third-order valence-corrected chi connectivity index (χ3v) is 6.36. The minimum Gasteiger partial charge on any atom is -0.441 e. The lowest BCUT2D eigenvalue weighted by Crippen LogP contribution is -2.70. The molecule has 0 spiro atoms. The van der Waals surface area contributed by atoms with E-state index in [0.29, 0.717) is 32.4 Å². The first-order chi connectivity index (χ1) is 16.6. The van der Waals surface area contributed by atoms with Crippen LogP contribution in [0.25, 0.3) is 0 Å². The molecule has 3 heterocycles. The predicted octanol–water partition coefficient (Wildman–Crippen LogP) is -4.38. The molecule has 15 nitrogen and oxygen atoms in total. The standard InChI is InChI=1S/C20H36N8O7/c1-28-6-4-10-13(18(28)32)26-20(24-10)27-17-14(25-12(30)7-9(22)3-2-5-21)16(35-19(23)33)15(31)11(8-29)34-17/h9-11,13-17,29,31H,2-8,21-22H2,1H3,(H2,23,33)(H,25,30)(H2,24,26,27). The number of hydrogen-bond donors (Lipinski definition) is 8. The maximum absolute atomic E-state index is 12.7. The van der Waals surface area contributed by atoms with Crippen molar-refractivity contribution in [2.45, 2.75) is 74.4 Å². The summed E-state index contributed by atoms with van der Waals surface area (Å²) < 4.78 is 10.9. The molecule has 0 aromatic rings. The Kier molecular flexibility index (Phi) is 9.07. The number of aliphatic hydroxyl groups excluding tert-OH is 2. The summed E-state index contributed by atoms with van der Waals surface area (Å²) in [6.07, 6.45) is -4.46. The van der Waals surface area contributed by atoms with E-state index in [1.54, 1.807) is 11.9 Å². The van der Waals surface area contributed by atoms with Gasteiger partial charge in [-0.3, -0.25) is 9.59 Å². The Morgan fingerprint density at radius 2 is 2.17 bits per heavy atom. The number of carbonyl (C=O) groups excluding carboxylic acids is 3. The van der Waals surface area contributed by atoms with E-state index < -0.39 is 61.3 Å². The molecule has 8 unspecified atom stereocenters. The van der Waals surface area contributed by atoms with Crippen LogP contribution in [-0.2, 0) is 19.1 Å². The topological polar surface area (TPSA) is 240 Å². The van der Waals surface area contributed by atoms with Gasteiger partial charge in [0.25, 0.3) is 0 Å². The number of likely N-dealkylation sites (tertiary alicyclic amines) is 1.